The van der Waals surface area contributed by atoms with E-state index in [1.807, 2.05) is 29.2 Å². The summed E-state index contributed by atoms with van der Waals surface area (Å²) in [6.07, 6.45) is 1.49. The number of halogens is 1. The molecule has 0 aliphatic carbocycles. The van der Waals surface area contributed by atoms with Crippen LogP contribution in [0.25, 0.3) is 11.0 Å². The van der Waals surface area contributed by atoms with Gasteiger partial charge in [-0.25, -0.2) is 4.79 Å². The molecule has 2 heterocycles. The fraction of sp³-hybridized carbons (Fsp3) is 0.300. The van der Waals surface area contributed by atoms with Crippen molar-refractivity contribution in [3.63, 3.8) is 0 Å². The van der Waals surface area contributed by atoms with Crippen LogP contribution in [-0.4, -0.2) is 44.9 Å². The maximum atomic E-state index is 12.4. The molecular formula is C20H20ClN5O4. The van der Waals surface area contributed by atoms with Gasteiger partial charge in [0.1, 0.15) is 0 Å². The van der Waals surface area contributed by atoms with Gasteiger partial charge in [-0.2, -0.15) is 0 Å². The first kappa shape index (κ1) is 20.1. The van der Waals surface area contributed by atoms with Crippen LogP contribution in [0, 0.1) is 10.1 Å². The van der Waals surface area contributed by atoms with Crippen LogP contribution in [0.5, 0.6) is 0 Å². The molecule has 0 radical (unpaired) electrons. The predicted molar refractivity (Wildman–Crippen MR) is 114 cm³/mol. The number of imidazole rings is 1. The Kier molecular flexibility index (Phi) is 5.56. The first-order valence-corrected chi connectivity index (χ1v) is 9.95. The Balaban J connectivity index is 1.38. The largest absolute Gasteiger partial charge is 0.326 e. The Morgan fingerprint density at radius 1 is 1.23 bits per heavy atom. The Morgan fingerprint density at radius 2 is 1.97 bits per heavy atom. The number of benzene rings is 2. The van der Waals surface area contributed by atoms with Crippen molar-refractivity contribution >= 4 is 39.9 Å². The van der Waals surface area contributed by atoms with Gasteiger partial charge in [0, 0.05) is 31.3 Å². The van der Waals surface area contributed by atoms with Crippen LogP contribution in [0.15, 0.2) is 47.3 Å². The molecule has 0 unspecified atom stereocenters. The fourth-order valence-electron chi connectivity index (χ4n) is 3.89. The van der Waals surface area contributed by atoms with E-state index in [0.717, 1.165) is 23.9 Å². The molecule has 0 saturated carbocycles. The van der Waals surface area contributed by atoms with E-state index in [-0.39, 0.29) is 40.6 Å². The molecule has 2 N–H and O–H groups in total. The predicted octanol–water partition coefficient (Wildman–Crippen LogP) is 3.17. The number of anilines is 1. The highest BCUT2D eigenvalue weighted by molar-refractivity contribution is 6.33. The number of aromatic amines is 1. The number of hydrogen-bond donors (Lipinski definition) is 2. The topological polar surface area (TPSA) is 113 Å². The number of nitro groups is 1. The summed E-state index contributed by atoms with van der Waals surface area (Å²) in [5, 5.41) is 13.8. The van der Waals surface area contributed by atoms with Crippen molar-refractivity contribution in [2.75, 3.05) is 25.0 Å². The van der Waals surface area contributed by atoms with Gasteiger partial charge in [-0.05, 0) is 31.0 Å². The van der Waals surface area contributed by atoms with Gasteiger partial charge in [0.05, 0.1) is 33.2 Å². The minimum atomic E-state index is -0.538. The first-order valence-electron chi connectivity index (χ1n) is 9.58. The van der Waals surface area contributed by atoms with E-state index >= 15 is 0 Å². The van der Waals surface area contributed by atoms with E-state index in [9.17, 15) is 19.7 Å². The van der Waals surface area contributed by atoms with E-state index in [1.165, 1.54) is 18.2 Å². The van der Waals surface area contributed by atoms with Gasteiger partial charge in [0.2, 0.25) is 5.91 Å². The molecule has 156 valence electrons. The summed E-state index contributed by atoms with van der Waals surface area (Å²) in [6.45, 7) is 1.47. The lowest BCUT2D eigenvalue weighted by Crippen LogP contribution is -2.41. The van der Waals surface area contributed by atoms with Crippen LogP contribution in [0.3, 0.4) is 0 Å². The van der Waals surface area contributed by atoms with Gasteiger partial charge in [-0.3, -0.25) is 24.4 Å². The van der Waals surface area contributed by atoms with E-state index in [1.54, 1.807) is 4.57 Å². The maximum Gasteiger partial charge on any atom is 0.326 e. The average molecular weight is 430 g/mol. The zero-order valence-corrected chi connectivity index (χ0v) is 16.8. The van der Waals surface area contributed by atoms with Crippen LogP contribution in [0.1, 0.15) is 18.9 Å². The molecule has 1 fully saturated rings. The van der Waals surface area contributed by atoms with Crippen molar-refractivity contribution < 1.29 is 9.72 Å². The summed E-state index contributed by atoms with van der Waals surface area (Å²) < 4.78 is 1.80. The number of likely N-dealkylation sites (tertiary alicyclic amines) is 1. The molecular weight excluding hydrogens is 410 g/mol. The second-order valence-electron chi connectivity index (χ2n) is 7.29. The lowest BCUT2D eigenvalue weighted by Gasteiger charge is -2.32. The van der Waals surface area contributed by atoms with Gasteiger partial charge in [0.15, 0.2) is 0 Å². The second kappa shape index (κ2) is 8.29. The van der Waals surface area contributed by atoms with Crippen LogP contribution in [0.4, 0.5) is 11.4 Å². The van der Waals surface area contributed by atoms with Crippen molar-refractivity contribution in [3.8, 4) is 0 Å². The number of nitrogens with one attached hydrogen (secondary N) is 2. The molecule has 1 aromatic heterocycles. The summed E-state index contributed by atoms with van der Waals surface area (Å²) in [4.78, 5) is 40.0. The van der Waals surface area contributed by atoms with Gasteiger partial charge >= 0.3 is 5.69 Å². The van der Waals surface area contributed by atoms with Gasteiger partial charge in [0.25, 0.3) is 5.69 Å². The molecule has 1 aliphatic rings. The minimum absolute atomic E-state index is 0.0687. The third-order valence-corrected chi connectivity index (χ3v) is 5.68. The highest BCUT2D eigenvalue weighted by Gasteiger charge is 2.25. The Labute approximate surface area is 176 Å². The van der Waals surface area contributed by atoms with Crippen LogP contribution in [0.2, 0.25) is 5.02 Å². The number of aromatic nitrogens is 2. The molecule has 9 nitrogen and oxygen atoms in total. The van der Waals surface area contributed by atoms with E-state index in [2.05, 4.69) is 10.3 Å². The number of para-hydroxylation sites is 2. The number of hydrogen-bond acceptors (Lipinski definition) is 5. The van der Waals surface area contributed by atoms with E-state index in [4.69, 9.17) is 11.6 Å². The molecule has 0 spiro atoms. The summed E-state index contributed by atoms with van der Waals surface area (Å²) in [5.41, 5.74) is 1.67. The van der Waals surface area contributed by atoms with Crippen molar-refractivity contribution in [1.82, 2.24) is 14.5 Å². The number of carbonyl (C=O) groups is 1. The Hall–Kier alpha value is -3.17. The fourth-order valence-corrected chi connectivity index (χ4v) is 4.05. The van der Waals surface area contributed by atoms with Crippen LogP contribution >= 0.6 is 11.6 Å². The van der Waals surface area contributed by atoms with Crippen LogP contribution < -0.4 is 11.0 Å². The third kappa shape index (κ3) is 4.07. The summed E-state index contributed by atoms with van der Waals surface area (Å²) in [5.74, 6) is -0.292. The Morgan fingerprint density at radius 3 is 2.70 bits per heavy atom. The number of H-pyrrole nitrogens is 1. The smallest absolute Gasteiger partial charge is 0.323 e. The molecule has 1 aliphatic heterocycles. The number of rotatable bonds is 5. The zero-order valence-electron chi connectivity index (χ0n) is 16.0. The van der Waals surface area contributed by atoms with Crippen molar-refractivity contribution in [1.29, 1.82) is 0 Å². The summed E-state index contributed by atoms with van der Waals surface area (Å²) >= 11 is 6.04. The van der Waals surface area contributed by atoms with Gasteiger partial charge < -0.3 is 10.3 Å². The molecule has 1 saturated heterocycles. The molecule has 30 heavy (non-hydrogen) atoms. The first-order chi connectivity index (χ1) is 14.4. The number of nitro benzene ring substituents is 1. The monoisotopic (exact) mass is 429 g/mol. The molecule has 4 rings (SSSR count). The van der Waals surface area contributed by atoms with Gasteiger partial charge in [-0.15, -0.1) is 0 Å². The molecule has 1 amide bonds. The number of piperidine rings is 1. The highest BCUT2D eigenvalue weighted by Crippen LogP contribution is 2.27. The summed E-state index contributed by atoms with van der Waals surface area (Å²) in [6, 6.07) is 11.6. The number of fused-ring (bicyclic) bond motifs is 1. The molecule has 0 bridgehead atoms. The SMILES string of the molecule is O=C(CN1CCC(n2c(=O)[nH]c3ccccc32)CC1)Nc1cc([N+](=O)[O-])ccc1Cl. The zero-order chi connectivity index (χ0) is 21.3. The number of amides is 1. The second-order valence-corrected chi connectivity index (χ2v) is 7.70. The van der Waals surface area contributed by atoms with Crippen molar-refractivity contribution in [2.45, 2.75) is 18.9 Å². The third-order valence-electron chi connectivity index (χ3n) is 5.35. The minimum Gasteiger partial charge on any atom is -0.323 e. The standard InChI is InChI=1S/C20H20ClN5O4/c21-15-6-5-14(26(29)30)11-17(15)22-19(27)12-24-9-7-13(8-10-24)25-18-4-2-1-3-16(18)23-20(25)28/h1-6,11,13H,7-10,12H2,(H,22,27)(H,23,28). The molecule has 0 atom stereocenters. The molecule has 10 heteroatoms. The van der Waals surface area contributed by atoms with E-state index in [0.29, 0.717) is 13.1 Å². The highest BCUT2D eigenvalue weighted by atomic mass is 35.5. The lowest BCUT2D eigenvalue weighted by molar-refractivity contribution is -0.384. The van der Waals surface area contributed by atoms with Gasteiger partial charge in [-0.1, -0.05) is 23.7 Å². The maximum absolute atomic E-state index is 12.4. The molecule has 3 aromatic rings. The quantitative estimate of drug-likeness (QED) is 0.477. The summed E-state index contributed by atoms with van der Waals surface area (Å²) in [7, 11) is 0. The number of carbonyl (C=O) groups excluding carboxylic acids is 1. The Bertz CT molecular complexity index is 1160. The number of non-ortho nitro benzene ring substituents is 1. The average Bonchev–Trinajstić information content (AvgIpc) is 3.06. The van der Waals surface area contributed by atoms with E-state index < -0.39 is 4.92 Å². The normalized spacial score (nSPS) is 15.4. The van der Waals surface area contributed by atoms with Crippen molar-refractivity contribution in [3.05, 3.63) is 68.1 Å². The lowest BCUT2D eigenvalue weighted by atomic mass is 10.0. The number of nitrogens with zero attached hydrogens (tertiary/aromatic N) is 3. The van der Waals surface area contributed by atoms with Crippen molar-refractivity contribution in [2.24, 2.45) is 0 Å². The van der Waals surface area contributed by atoms with Crippen LogP contribution in [-0.2, 0) is 4.79 Å². The molecule has 2 aromatic carbocycles.